The lowest BCUT2D eigenvalue weighted by molar-refractivity contribution is -0.127. The van der Waals surface area contributed by atoms with Crippen molar-refractivity contribution >= 4 is 52.2 Å². The molecule has 0 atom stereocenters. The fourth-order valence-corrected chi connectivity index (χ4v) is 3.85. The van der Waals surface area contributed by atoms with E-state index in [0.29, 0.717) is 17.1 Å². The van der Waals surface area contributed by atoms with E-state index in [-0.39, 0.29) is 21.7 Å². The first-order valence-corrected chi connectivity index (χ1v) is 10.7. The molecule has 2 aromatic carbocycles. The highest BCUT2D eigenvalue weighted by molar-refractivity contribution is 8.18. The average Bonchev–Trinajstić information content (AvgIpc) is 2.98. The van der Waals surface area contributed by atoms with Crippen LogP contribution in [0.1, 0.15) is 19.4 Å². The number of rotatable bonds is 7. The Bertz CT molecular complexity index is 1110. The summed E-state index contributed by atoms with van der Waals surface area (Å²) >= 11 is 6.43. The summed E-state index contributed by atoms with van der Waals surface area (Å²) in [5.74, 6) is -0.780. The zero-order valence-electron chi connectivity index (χ0n) is 17.5. The van der Waals surface area contributed by atoms with Crippen LogP contribution in [-0.4, -0.2) is 41.7 Å². The first kappa shape index (κ1) is 23.6. The van der Waals surface area contributed by atoms with Crippen molar-refractivity contribution in [3.63, 3.8) is 0 Å². The lowest BCUT2D eigenvalue weighted by atomic mass is 10.2. The van der Waals surface area contributed by atoms with Gasteiger partial charge in [0.15, 0.2) is 11.5 Å². The molecule has 0 saturated carbocycles. The van der Waals surface area contributed by atoms with Gasteiger partial charge in [0, 0.05) is 5.69 Å². The summed E-state index contributed by atoms with van der Waals surface area (Å²) in [6.07, 6.45) is 1.51. The van der Waals surface area contributed by atoms with Crippen LogP contribution in [0.3, 0.4) is 0 Å². The van der Waals surface area contributed by atoms with Gasteiger partial charge in [-0.1, -0.05) is 17.7 Å². The number of thioether (sulfide) groups is 1. The Labute approximate surface area is 193 Å². The Morgan fingerprint density at radius 1 is 1.22 bits per heavy atom. The van der Waals surface area contributed by atoms with Crippen LogP contribution in [0.5, 0.6) is 11.5 Å². The van der Waals surface area contributed by atoms with Crippen LogP contribution in [0.2, 0.25) is 5.02 Å². The third-order valence-electron chi connectivity index (χ3n) is 4.23. The molecular weight excluding hydrogens is 459 g/mol. The Morgan fingerprint density at radius 2 is 1.97 bits per heavy atom. The Morgan fingerprint density at radius 3 is 2.62 bits per heavy atom. The molecule has 1 fully saturated rings. The van der Waals surface area contributed by atoms with Crippen molar-refractivity contribution in [2.45, 2.75) is 20.0 Å². The van der Waals surface area contributed by atoms with Gasteiger partial charge < -0.3 is 14.8 Å². The molecule has 1 aliphatic heterocycles. The number of amides is 3. The maximum atomic E-state index is 13.2. The first-order valence-electron chi connectivity index (χ1n) is 9.53. The highest BCUT2D eigenvalue weighted by Gasteiger charge is 2.36. The summed E-state index contributed by atoms with van der Waals surface area (Å²) in [6.45, 7) is 3.30. The summed E-state index contributed by atoms with van der Waals surface area (Å²) in [6, 6.07) is 8.81. The monoisotopic (exact) mass is 478 g/mol. The zero-order chi connectivity index (χ0) is 23.4. The Kier molecular flexibility index (Phi) is 7.42. The lowest BCUT2D eigenvalue weighted by Crippen LogP contribution is -2.36. The van der Waals surface area contributed by atoms with E-state index in [1.54, 1.807) is 24.3 Å². The molecule has 0 bridgehead atoms. The summed E-state index contributed by atoms with van der Waals surface area (Å²) in [5, 5.41) is 1.76. The number of carbonyl (C=O) groups is 3. The van der Waals surface area contributed by atoms with Gasteiger partial charge >= 0.3 is 0 Å². The summed E-state index contributed by atoms with van der Waals surface area (Å²) < 4.78 is 24.3. The van der Waals surface area contributed by atoms with Crippen LogP contribution in [0.4, 0.5) is 14.9 Å². The number of anilines is 1. The SMILES string of the molecule is COc1cc(/C=C2\SC(=O)N(CC(=O)Nc3ccc(F)c(Cl)c3)C2=O)ccc1OC(C)C. The van der Waals surface area contributed by atoms with E-state index in [4.69, 9.17) is 21.1 Å². The predicted molar refractivity (Wildman–Crippen MR) is 121 cm³/mol. The normalized spacial score (nSPS) is 14.9. The second kappa shape index (κ2) is 10.1. The van der Waals surface area contributed by atoms with Crippen molar-refractivity contribution in [3.8, 4) is 11.5 Å². The zero-order valence-corrected chi connectivity index (χ0v) is 19.1. The number of hydrogen-bond donors (Lipinski definition) is 1. The number of imide groups is 1. The minimum absolute atomic E-state index is 0.0386. The van der Waals surface area contributed by atoms with Crippen LogP contribution >= 0.6 is 23.4 Å². The number of benzene rings is 2. The third kappa shape index (κ3) is 5.60. The minimum Gasteiger partial charge on any atom is -0.493 e. The second-order valence-electron chi connectivity index (χ2n) is 7.02. The molecule has 0 radical (unpaired) electrons. The van der Waals surface area contributed by atoms with Crippen molar-refractivity contribution in [1.29, 1.82) is 0 Å². The first-order chi connectivity index (χ1) is 15.2. The van der Waals surface area contributed by atoms with Gasteiger partial charge in [0.1, 0.15) is 12.4 Å². The van der Waals surface area contributed by atoms with Crippen LogP contribution in [0, 0.1) is 5.82 Å². The molecule has 1 N–H and O–H groups in total. The van der Waals surface area contributed by atoms with Crippen molar-refractivity contribution in [3.05, 3.63) is 57.7 Å². The molecule has 0 unspecified atom stereocenters. The quantitative estimate of drug-likeness (QED) is 0.567. The fourth-order valence-electron chi connectivity index (χ4n) is 2.83. The highest BCUT2D eigenvalue weighted by Crippen LogP contribution is 2.34. The van der Waals surface area contributed by atoms with Crippen molar-refractivity contribution in [1.82, 2.24) is 4.90 Å². The molecule has 2 aromatic rings. The average molecular weight is 479 g/mol. The Hall–Kier alpha value is -3.04. The molecule has 0 aliphatic carbocycles. The van der Waals surface area contributed by atoms with Gasteiger partial charge in [-0.2, -0.15) is 0 Å². The third-order valence-corrected chi connectivity index (χ3v) is 5.42. The standard InChI is InChI=1S/C22H20ClFN2O5S/c1-12(2)31-17-7-4-13(8-18(17)30-3)9-19-21(28)26(22(29)32-19)11-20(27)25-14-5-6-16(24)15(23)10-14/h4-10,12H,11H2,1-3H3,(H,25,27)/b19-9-. The minimum atomic E-state index is -0.624. The molecule has 3 amide bonds. The number of halogens is 2. The molecule has 3 rings (SSSR count). The molecule has 10 heteroatoms. The number of nitrogens with one attached hydrogen (secondary N) is 1. The van der Waals surface area contributed by atoms with Gasteiger partial charge in [-0.05, 0) is 67.6 Å². The van der Waals surface area contributed by atoms with Crippen molar-refractivity contribution < 1.29 is 28.2 Å². The van der Waals surface area contributed by atoms with Gasteiger partial charge in [-0.25, -0.2) is 4.39 Å². The van der Waals surface area contributed by atoms with Gasteiger partial charge in [-0.3, -0.25) is 19.3 Å². The van der Waals surface area contributed by atoms with Gasteiger partial charge in [0.25, 0.3) is 11.1 Å². The molecule has 1 saturated heterocycles. The van der Waals surface area contributed by atoms with E-state index < -0.39 is 29.4 Å². The summed E-state index contributed by atoms with van der Waals surface area (Å²) in [4.78, 5) is 38.3. The second-order valence-corrected chi connectivity index (χ2v) is 8.42. The van der Waals surface area contributed by atoms with Crippen LogP contribution in [-0.2, 0) is 9.59 Å². The fraction of sp³-hybridized carbons (Fsp3) is 0.227. The maximum Gasteiger partial charge on any atom is 0.294 e. The number of carbonyl (C=O) groups excluding carboxylic acids is 3. The largest absolute Gasteiger partial charge is 0.493 e. The summed E-state index contributed by atoms with van der Waals surface area (Å²) in [7, 11) is 1.51. The van der Waals surface area contributed by atoms with Crippen LogP contribution in [0.15, 0.2) is 41.3 Å². The maximum absolute atomic E-state index is 13.2. The molecule has 32 heavy (non-hydrogen) atoms. The molecular formula is C22H20ClFN2O5S. The lowest BCUT2D eigenvalue weighted by Gasteiger charge is -2.14. The van der Waals surface area contributed by atoms with E-state index in [2.05, 4.69) is 5.32 Å². The van der Waals surface area contributed by atoms with E-state index in [0.717, 1.165) is 22.7 Å². The number of hydrogen-bond acceptors (Lipinski definition) is 6. The molecule has 168 valence electrons. The van der Waals surface area contributed by atoms with Crippen molar-refractivity contribution in [2.75, 3.05) is 19.0 Å². The van der Waals surface area contributed by atoms with Gasteiger partial charge in [0.2, 0.25) is 5.91 Å². The van der Waals surface area contributed by atoms with Crippen molar-refractivity contribution in [2.24, 2.45) is 0 Å². The van der Waals surface area contributed by atoms with Gasteiger partial charge in [-0.15, -0.1) is 0 Å². The molecule has 0 spiro atoms. The predicted octanol–water partition coefficient (Wildman–Crippen LogP) is 4.95. The van der Waals surface area contributed by atoms with E-state index in [9.17, 15) is 18.8 Å². The number of nitrogens with zero attached hydrogens (tertiary/aromatic N) is 1. The summed E-state index contributed by atoms with van der Waals surface area (Å²) in [5.41, 5.74) is 0.883. The molecule has 7 nitrogen and oxygen atoms in total. The highest BCUT2D eigenvalue weighted by atomic mass is 35.5. The topological polar surface area (TPSA) is 84.9 Å². The Balaban J connectivity index is 1.71. The van der Waals surface area contributed by atoms with E-state index in [1.807, 2.05) is 13.8 Å². The van der Waals surface area contributed by atoms with E-state index >= 15 is 0 Å². The molecule has 0 aromatic heterocycles. The molecule has 1 heterocycles. The number of methoxy groups -OCH3 is 1. The molecule has 1 aliphatic rings. The number of ether oxygens (including phenoxy) is 2. The van der Waals surface area contributed by atoms with Crippen LogP contribution in [0.25, 0.3) is 6.08 Å². The smallest absolute Gasteiger partial charge is 0.294 e. The van der Waals surface area contributed by atoms with Crippen LogP contribution < -0.4 is 14.8 Å². The van der Waals surface area contributed by atoms with E-state index in [1.165, 1.54) is 19.2 Å². The van der Waals surface area contributed by atoms with Gasteiger partial charge in [0.05, 0.1) is 23.1 Å².